The zero-order valence-electron chi connectivity index (χ0n) is 7.92. The smallest absolute Gasteiger partial charge is 0.119 e. The molecule has 0 amide bonds. The van der Waals surface area contributed by atoms with Crippen molar-refractivity contribution in [2.45, 2.75) is 6.42 Å². The number of hydrogen-bond donors (Lipinski definition) is 0. The van der Waals surface area contributed by atoms with Crippen LogP contribution < -0.4 is 4.74 Å². The lowest BCUT2D eigenvalue weighted by atomic mass is 10.0. The van der Waals surface area contributed by atoms with Gasteiger partial charge in [-0.2, -0.15) is 0 Å². The van der Waals surface area contributed by atoms with E-state index in [0.717, 1.165) is 23.3 Å². The first-order valence-corrected chi connectivity index (χ1v) is 4.21. The minimum Gasteiger partial charge on any atom is -0.497 e. The van der Waals surface area contributed by atoms with Crippen molar-refractivity contribution in [3.8, 4) is 5.75 Å². The second-order valence-corrected chi connectivity index (χ2v) is 2.83. The van der Waals surface area contributed by atoms with Crippen LogP contribution in [0.25, 0.3) is 5.57 Å². The molecule has 1 aromatic rings. The molecule has 0 aliphatic heterocycles. The van der Waals surface area contributed by atoms with E-state index in [9.17, 15) is 0 Å². The molecule has 0 aliphatic rings. The third kappa shape index (κ3) is 2.48. The van der Waals surface area contributed by atoms with Crippen molar-refractivity contribution >= 4 is 5.57 Å². The molecule has 0 aliphatic carbocycles. The van der Waals surface area contributed by atoms with Gasteiger partial charge in [0.2, 0.25) is 0 Å². The second kappa shape index (κ2) is 4.51. The standard InChI is InChI=1S/C12H14O/c1-4-6-10(2)11-7-5-8-12(9-11)13-3/h4-5,7-9H,1-2,6H2,3H3. The summed E-state index contributed by atoms with van der Waals surface area (Å²) in [7, 11) is 1.66. The Bertz CT molecular complexity index is 313. The first-order valence-electron chi connectivity index (χ1n) is 4.21. The monoisotopic (exact) mass is 174 g/mol. The average molecular weight is 174 g/mol. The van der Waals surface area contributed by atoms with Crippen LogP contribution in [0, 0.1) is 0 Å². The lowest BCUT2D eigenvalue weighted by molar-refractivity contribution is 0.414. The van der Waals surface area contributed by atoms with Gasteiger partial charge in [-0.1, -0.05) is 24.8 Å². The minimum absolute atomic E-state index is 0.813. The van der Waals surface area contributed by atoms with E-state index < -0.39 is 0 Å². The fourth-order valence-electron chi connectivity index (χ4n) is 1.14. The van der Waals surface area contributed by atoms with Gasteiger partial charge in [0.05, 0.1) is 7.11 Å². The van der Waals surface area contributed by atoms with Gasteiger partial charge in [-0.3, -0.25) is 0 Å². The summed E-state index contributed by atoms with van der Waals surface area (Å²) in [5, 5.41) is 0. The first kappa shape index (κ1) is 9.59. The number of rotatable bonds is 4. The molecule has 1 nitrogen and oxygen atoms in total. The fraction of sp³-hybridized carbons (Fsp3) is 0.167. The number of methoxy groups -OCH3 is 1. The van der Waals surface area contributed by atoms with Gasteiger partial charge in [-0.05, 0) is 29.7 Å². The Balaban J connectivity index is 2.87. The Morgan fingerprint density at radius 1 is 1.54 bits per heavy atom. The minimum atomic E-state index is 0.813. The maximum atomic E-state index is 5.12. The van der Waals surface area contributed by atoms with Crippen LogP contribution in [-0.2, 0) is 0 Å². The van der Waals surface area contributed by atoms with Crippen molar-refractivity contribution in [2.75, 3.05) is 7.11 Å². The Labute approximate surface area is 79.4 Å². The molecule has 0 fully saturated rings. The first-order chi connectivity index (χ1) is 6.27. The molecule has 0 saturated heterocycles. The summed E-state index contributed by atoms with van der Waals surface area (Å²) in [6.07, 6.45) is 2.66. The summed E-state index contributed by atoms with van der Waals surface area (Å²) < 4.78 is 5.12. The van der Waals surface area contributed by atoms with Crippen molar-refractivity contribution in [1.82, 2.24) is 0 Å². The predicted octanol–water partition coefficient (Wildman–Crippen LogP) is 3.28. The van der Waals surface area contributed by atoms with E-state index in [1.54, 1.807) is 7.11 Å². The molecule has 1 heteroatoms. The Hall–Kier alpha value is -1.50. The van der Waals surface area contributed by atoms with Crippen LogP contribution in [0.2, 0.25) is 0 Å². The van der Waals surface area contributed by atoms with Crippen LogP contribution in [0.15, 0.2) is 43.5 Å². The molecule has 0 aromatic heterocycles. The maximum Gasteiger partial charge on any atom is 0.119 e. The van der Waals surface area contributed by atoms with Gasteiger partial charge in [0.1, 0.15) is 5.75 Å². The molecule has 0 radical (unpaired) electrons. The zero-order valence-corrected chi connectivity index (χ0v) is 7.92. The lowest BCUT2D eigenvalue weighted by Crippen LogP contribution is -1.85. The summed E-state index contributed by atoms with van der Waals surface area (Å²) in [5.41, 5.74) is 2.17. The van der Waals surface area contributed by atoms with E-state index in [1.165, 1.54) is 0 Å². The second-order valence-electron chi connectivity index (χ2n) is 2.83. The van der Waals surface area contributed by atoms with Gasteiger partial charge in [-0.15, -0.1) is 6.58 Å². The predicted molar refractivity (Wildman–Crippen MR) is 56.8 cm³/mol. The van der Waals surface area contributed by atoms with E-state index in [-0.39, 0.29) is 0 Å². The van der Waals surface area contributed by atoms with E-state index >= 15 is 0 Å². The van der Waals surface area contributed by atoms with Crippen molar-refractivity contribution in [3.05, 3.63) is 49.1 Å². The molecule has 0 saturated carbocycles. The van der Waals surface area contributed by atoms with Crippen molar-refractivity contribution in [3.63, 3.8) is 0 Å². The molecule has 68 valence electrons. The molecule has 0 spiro atoms. The highest BCUT2D eigenvalue weighted by atomic mass is 16.5. The molecule has 13 heavy (non-hydrogen) atoms. The van der Waals surface area contributed by atoms with Crippen molar-refractivity contribution < 1.29 is 4.74 Å². The van der Waals surface area contributed by atoms with Crippen LogP contribution >= 0.6 is 0 Å². The van der Waals surface area contributed by atoms with Crippen LogP contribution in [0.5, 0.6) is 5.75 Å². The molecule has 0 N–H and O–H groups in total. The highest BCUT2D eigenvalue weighted by molar-refractivity contribution is 5.65. The van der Waals surface area contributed by atoms with Crippen molar-refractivity contribution in [1.29, 1.82) is 0 Å². The van der Waals surface area contributed by atoms with Gasteiger partial charge >= 0.3 is 0 Å². The summed E-state index contributed by atoms with van der Waals surface area (Å²) in [4.78, 5) is 0. The quantitative estimate of drug-likeness (QED) is 0.636. The molecule has 0 atom stereocenters. The third-order valence-corrected chi connectivity index (χ3v) is 1.87. The maximum absolute atomic E-state index is 5.12. The fourth-order valence-corrected chi connectivity index (χ4v) is 1.14. The highest BCUT2D eigenvalue weighted by Gasteiger charge is 1.97. The number of hydrogen-bond acceptors (Lipinski definition) is 1. The van der Waals surface area contributed by atoms with Crippen molar-refractivity contribution in [2.24, 2.45) is 0 Å². The van der Waals surface area contributed by atoms with Gasteiger partial charge in [0, 0.05) is 0 Å². The Morgan fingerprint density at radius 2 is 2.31 bits per heavy atom. The van der Waals surface area contributed by atoms with Crippen LogP contribution in [0.3, 0.4) is 0 Å². The van der Waals surface area contributed by atoms with E-state index in [2.05, 4.69) is 13.2 Å². The topological polar surface area (TPSA) is 9.23 Å². The molecule has 0 bridgehead atoms. The molecule has 1 aromatic carbocycles. The summed E-state index contributed by atoms with van der Waals surface area (Å²) in [6, 6.07) is 7.88. The van der Waals surface area contributed by atoms with E-state index in [4.69, 9.17) is 4.74 Å². The van der Waals surface area contributed by atoms with Crippen LogP contribution in [0.4, 0.5) is 0 Å². The summed E-state index contributed by atoms with van der Waals surface area (Å²) >= 11 is 0. The molecule has 1 rings (SSSR count). The van der Waals surface area contributed by atoms with Crippen LogP contribution in [0.1, 0.15) is 12.0 Å². The molecule has 0 unspecified atom stereocenters. The van der Waals surface area contributed by atoms with Gasteiger partial charge < -0.3 is 4.74 Å². The van der Waals surface area contributed by atoms with Crippen LogP contribution in [-0.4, -0.2) is 7.11 Å². The molecular weight excluding hydrogens is 160 g/mol. The van der Waals surface area contributed by atoms with E-state index in [0.29, 0.717) is 0 Å². The Kier molecular flexibility index (Phi) is 3.32. The van der Waals surface area contributed by atoms with Gasteiger partial charge in [0.15, 0.2) is 0 Å². The highest BCUT2D eigenvalue weighted by Crippen LogP contribution is 2.20. The van der Waals surface area contributed by atoms with Gasteiger partial charge in [0.25, 0.3) is 0 Å². The molecule has 0 heterocycles. The van der Waals surface area contributed by atoms with Gasteiger partial charge in [-0.25, -0.2) is 0 Å². The third-order valence-electron chi connectivity index (χ3n) is 1.87. The number of allylic oxidation sites excluding steroid dienone is 2. The Morgan fingerprint density at radius 3 is 2.92 bits per heavy atom. The summed E-state index contributed by atoms with van der Waals surface area (Å²) in [5.74, 6) is 0.864. The lowest BCUT2D eigenvalue weighted by Gasteiger charge is -2.05. The average Bonchev–Trinajstić information content (AvgIpc) is 2.18. The molecular formula is C12H14O. The number of ether oxygens (including phenoxy) is 1. The van der Waals surface area contributed by atoms with E-state index in [1.807, 2.05) is 30.3 Å². The normalized spacial score (nSPS) is 9.31. The SMILES string of the molecule is C=CCC(=C)c1cccc(OC)c1. The zero-order chi connectivity index (χ0) is 9.68. The largest absolute Gasteiger partial charge is 0.497 e. The summed E-state index contributed by atoms with van der Waals surface area (Å²) in [6.45, 7) is 7.64. The number of benzene rings is 1.